The minimum atomic E-state index is -2.04. The number of carbonyl (C=O) groups is 1. The molecule has 1 aromatic heterocycles. The van der Waals surface area contributed by atoms with Gasteiger partial charge in [0.1, 0.15) is 59.1 Å². The molecule has 0 spiro atoms. The van der Waals surface area contributed by atoms with E-state index >= 15 is 0 Å². The zero-order valence-electron chi connectivity index (χ0n) is 27.6. The predicted octanol–water partition coefficient (Wildman–Crippen LogP) is -0.400. The zero-order chi connectivity index (χ0) is 39.0. The van der Waals surface area contributed by atoms with Gasteiger partial charge in [-0.05, 0) is 42.0 Å². The summed E-state index contributed by atoms with van der Waals surface area (Å²) in [5.41, 5.74) is -1.17. The van der Waals surface area contributed by atoms with Gasteiger partial charge in [0.25, 0.3) is 0 Å². The molecule has 0 bridgehead atoms. The zero-order valence-corrected chi connectivity index (χ0v) is 27.6. The SMILES string of the molecule is O=C(/C=C/c1ccc(O)c(O)c1)O[C@H]1[C@H](OC[C@H]2O[C@@H](Oc3c(-c4ccc(O)c(O)c4)oc4cc(O)cc(O)c4c3=O)[C@H](O)[C@H](O)[C@@H]2O)OC[C@H](O)[C@H]1O. The first-order chi connectivity index (χ1) is 25.6. The van der Waals surface area contributed by atoms with E-state index in [1.807, 2.05) is 0 Å². The molecule has 288 valence electrons. The number of fused-ring (bicyclic) bond motifs is 1. The summed E-state index contributed by atoms with van der Waals surface area (Å²) >= 11 is 0. The number of phenols is 6. The number of carbonyl (C=O) groups excluding carboxylic acids is 1. The molecule has 3 aromatic carbocycles. The van der Waals surface area contributed by atoms with Gasteiger partial charge in [0, 0.05) is 23.8 Å². The fourth-order valence-corrected chi connectivity index (χ4v) is 5.70. The second-order valence-corrected chi connectivity index (χ2v) is 12.3. The van der Waals surface area contributed by atoms with Crippen LogP contribution >= 0.6 is 0 Å². The summed E-state index contributed by atoms with van der Waals surface area (Å²) in [6.07, 6.45) is -13.9. The van der Waals surface area contributed by atoms with Crippen LogP contribution in [0.3, 0.4) is 0 Å². The quantitative estimate of drug-likeness (QED) is 0.0588. The average Bonchev–Trinajstić information content (AvgIpc) is 3.12. The van der Waals surface area contributed by atoms with E-state index < -0.39 is 126 Å². The number of esters is 1. The number of hydrogen-bond acceptors (Lipinski definition) is 19. The maximum absolute atomic E-state index is 13.7. The van der Waals surface area contributed by atoms with E-state index in [1.54, 1.807) is 0 Å². The Morgan fingerprint density at radius 1 is 0.778 bits per heavy atom. The van der Waals surface area contributed by atoms with Crippen LogP contribution in [0.25, 0.3) is 28.4 Å². The van der Waals surface area contributed by atoms with Gasteiger partial charge in [-0.1, -0.05) is 6.07 Å². The molecular formula is C35H34O19. The molecule has 6 rings (SSSR count). The van der Waals surface area contributed by atoms with Gasteiger partial charge in [0.15, 0.2) is 41.2 Å². The Labute approximate surface area is 302 Å². The number of aliphatic hydroxyl groups is 5. The van der Waals surface area contributed by atoms with Crippen LogP contribution in [0.15, 0.2) is 63.8 Å². The highest BCUT2D eigenvalue weighted by atomic mass is 16.7. The van der Waals surface area contributed by atoms with Crippen molar-refractivity contribution in [3.05, 3.63) is 70.4 Å². The van der Waals surface area contributed by atoms with Crippen molar-refractivity contribution in [2.45, 2.75) is 55.3 Å². The smallest absolute Gasteiger partial charge is 0.331 e. The van der Waals surface area contributed by atoms with Gasteiger partial charge < -0.3 is 84.3 Å². The molecule has 54 heavy (non-hydrogen) atoms. The lowest BCUT2D eigenvalue weighted by Crippen LogP contribution is -2.61. The van der Waals surface area contributed by atoms with E-state index in [0.29, 0.717) is 5.56 Å². The summed E-state index contributed by atoms with van der Waals surface area (Å²) in [4.78, 5) is 26.4. The van der Waals surface area contributed by atoms with Gasteiger partial charge in [0.05, 0.1) is 13.2 Å². The van der Waals surface area contributed by atoms with E-state index in [4.69, 9.17) is 28.1 Å². The largest absolute Gasteiger partial charge is 0.508 e. The van der Waals surface area contributed by atoms with Crippen LogP contribution in [0.2, 0.25) is 0 Å². The van der Waals surface area contributed by atoms with E-state index in [1.165, 1.54) is 24.3 Å². The molecule has 0 saturated carbocycles. The lowest BCUT2D eigenvalue weighted by molar-refractivity contribution is -0.308. The molecule has 0 radical (unpaired) electrons. The first-order valence-electron chi connectivity index (χ1n) is 16.0. The van der Waals surface area contributed by atoms with Crippen molar-refractivity contribution in [2.75, 3.05) is 13.2 Å². The Morgan fingerprint density at radius 3 is 2.19 bits per heavy atom. The lowest BCUT2D eigenvalue weighted by Gasteiger charge is -2.41. The summed E-state index contributed by atoms with van der Waals surface area (Å²) in [6, 6.07) is 8.85. The van der Waals surface area contributed by atoms with Crippen molar-refractivity contribution in [3.63, 3.8) is 0 Å². The van der Waals surface area contributed by atoms with Gasteiger partial charge in [-0.25, -0.2) is 4.79 Å². The topological polar surface area (TPSA) is 316 Å². The Hall–Kier alpha value is -5.64. The van der Waals surface area contributed by atoms with Crippen LogP contribution in [0.4, 0.5) is 0 Å². The van der Waals surface area contributed by atoms with Gasteiger partial charge in [-0.3, -0.25) is 4.79 Å². The predicted molar refractivity (Wildman–Crippen MR) is 178 cm³/mol. The second-order valence-electron chi connectivity index (χ2n) is 12.3. The first-order valence-corrected chi connectivity index (χ1v) is 16.0. The second kappa shape index (κ2) is 15.4. The van der Waals surface area contributed by atoms with Gasteiger partial charge in [-0.15, -0.1) is 0 Å². The molecule has 2 saturated heterocycles. The third kappa shape index (κ3) is 7.69. The number of rotatable bonds is 9. The summed E-state index contributed by atoms with van der Waals surface area (Å²) in [5, 5.41) is 112. The molecule has 2 aliphatic heterocycles. The van der Waals surface area contributed by atoms with E-state index in [-0.39, 0.29) is 16.9 Å². The molecule has 2 aliphatic rings. The van der Waals surface area contributed by atoms with Crippen molar-refractivity contribution >= 4 is 23.0 Å². The normalized spacial score (nSPS) is 27.2. The summed E-state index contributed by atoms with van der Waals surface area (Å²) < 4.78 is 33.5. The lowest BCUT2D eigenvalue weighted by atomic mass is 9.99. The molecule has 19 heteroatoms. The van der Waals surface area contributed by atoms with Gasteiger partial charge >= 0.3 is 5.97 Å². The Morgan fingerprint density at radius 2 is 1.48 bits per heavy atom. The van der Waals surface area contributed by atoms with Crippen molar-refractivity contribution in [1.29, 1.82) is 0 Å². The molecular weight excluding hydrogens is 724 g/mol. The minimum absolute atomic E-state index is 0.0697. The fraction of sp³-hybridized carbons (Fsp3) is 0.314. The maximum Gasteiger partial charge on any atom is 0.331 e. The van der Waals surface area contributed by atoms with Crippen LogP contribution in [-0.2, 0) is 23.7 Å². The summed E-state index contributed by atoms with van der Waals surface area (Å²) in [6.45, 7) is -1.19. The third-order valence-electron chi connectivity index (χ3n) is 8.58. The van der Waals surface area contributed by atoms with Crippen molar-refractivity contribution in [3.8, 4) is 51.6 Å². The number of benzene rings is 3. The van der Waals surface area contributed by atoms with Crippen LogP contribution in [0.5, 0.6) is 40.2 Å². The molecule has 0 amide bonds. The van der Waals surface area contributed by atoms with Crippen LogP contribution in [-0.4, -0.2) is 131 Å². The monoisotopic (exact) mass is 758 g/mol. The summed E-state index contributed by atoms with van der Waals surface area (Å²) in [5.74, 6) is -5.43. The molecule has 9 atom stereocenters. The molecule has 4 aromatic rings. The molecule has 19 nitrogen and oxygen atoms in total. The number of aromatic hydroxyl groups is 6. The molecule has 0 unspecified atom stereocenters. The fourth-order valence-electron chi connectivity index (χ4n) is 5.70. The minimum Gasteiger partial charge on any atom is -0.508 e. The molecule has 3 heterocycles. The molecule has 11 N–H and O–H groups in total. The van der Waals surface area contributed by atoms with Crippen molar-refractivity contribution in [1.82, 2.24) is 0 Å². The van der Waals surface area contributed by atoms with Crippen molar-refractivity contribution < 1.29 is 89.1 Å². The van der Waals surface area contributed by atoms with Gasteiger partial charge in [-0.2, -0.15) is 0 Å². The number of ether oxygens (including phenoxy) is 5. The van der Waals surface area contributed by atoms with E-state index in [2.05, 4.69) is 0 Å². The average molecular weight is 759 g/mol. The highest BCUT2D eigenvalue weighted by molar-refractivity contribution is 5.89. The van der Waals surface area contributed by atoms with Crippen molar-refractivity contribution in [2.24, 2.45) is 0 Å². The van der Waals surface area contributed by atoms with E-state index in [0.717, 1.165) is 36.4 Å². The third-order valence-corrected chi connectivity index (χ3v) is 8.58. The highest BCUT2D eigenvalue weighted by Gasteiger charge is 2.48. The van der Waals surface area contributed by atoms with Gasteiger partial charge in [0.2, 0.25) is 17.5 Å². The highest BCUT2D eigenvalue weighted by Crippen LogP contribution is 2.39. The number of aliphatic hydroxyl groups excluding tert-OH is 5. The maximum atomic E-state index is 13.7. The number of phenolic OH excluding ortho intramolecular Hbond substituents is 6. The van der Waals surface area contributed by atoms with E-state index in [9.17, 15) is 65.8 Å². The first kappa shape index (κ1) is 38.1. The summed E-state index contributed by atoms with van der Waals surface area (Å²) in [7, 11) is 0. The standard InChI is InChI=1S/C35H34O19/c36-15-9-20(41)25-22(10-15)51-31(14-3-5-17(38)19(40)8-14)32(28(25)46)54-34-30(48)29(47)27(45)23(52-34)12-50-35-33(26(44)21(42)11-49-35)53-24(43)6-2-13-1-4-16(37)18(39)7-13/h1-10,21,23,26-27,29-30,33-42,44-45,47-48H,11-12H2/b6-2+/t21-,23+,26+,27+,29+,30+,33+,34-,35-/m0/s1. The van der Waals surface area contributed by atoms with Crippen LogP contribution in [0, 0.1) is 0 Å². The molecule has 2 fully saturated rings. The Bertz CT molecular complexity index is 2110. The Kier molecular flexibility index (Phi) is 10.8. The number of hydrogen-bond donors (Lipinski definition) is 11. The molecule has 0 aliphatic carbocycles. The van der Waals surface area contributed by atoms with Crippen LogP contribution in [0.1, 0.15) is 5.56 Å². The Balaban J connectivity index is 1.23. The van der Waals surface area contributed by atoms with Crippen LogP contribution < -0.4 is 10.2 Å².